The fourth-order valence-corrected chi connectivity index (χ4v) is 3.99. The first kappa shape index (κ1) is 19.1. The smallest absolute Gasteiger partial charge is 0.0960 e. The first-order valence-electron chi connectivity index (χ1n) is 9.88. The van der Waals surface area contributed by atoms with Crippen molar-refractivity contribution in [3.63, 3.8) is 0 Å². The Bertz CT molecular complexity index is 909. The molecule has 1 atom stereocenters. The number of aromatic nitrogens is 2. The zero-order valence-electron chi connectivity index (χ0n) is 16.3. The molecule has 0 fully saturated rings. The minimum absolute atomic E-state index is 0. The van der Waals surface area contributed by atoms with Gasteiger partial charge < -0.3 is 4.57 Å². The largest absolute Gasteiger partial charge is 0.328 e. The second-order valence-electron chi connectivity index (χ2n) is 7.59. The molecule has 1 aromatic carbocycles. The number of hydrogen-bond acceptors (Lipinski definition) is 1. The highest BCUT2D eigenvalue weighted by Crippen LogP contribution is 2.20. The number of allylic oxidation sites excluding steroid dienone is 2. The van der Waals surface area contributed by atoms with Crippen molar-refractivity contribution in [3.05, 3.63) is 58.5 Å². The lowest BCUT2D eigenvalue weighted by atomic mass is 9.99. The summed E-state index contributed by atoms with van der Waals surface area (Å²) < 4.78 is 2.31. The molecule has 26 heavy (non-hydrogen) atoms. The zero-order valence-corrected chi connectivity index (χ0v) is 17.5. The molecule has 0 amide bonds. The second-order valence-corrected chi connectivity index (χ2v) is 8.26. The molecule has 1 aliphatic carbocycles. The maximum absolute atomic E-state index is 4.81. The van der Waals surface area contributed by atoms with E-state index < -0.39 is 0 Å². The molecule has 0 N–H and O–H groups in total. The van der Waals surface area contributed by atoms with Gasteiger partial charge >= 0.3 is 0 Å². The van der Waals surface area contributed by atoms with Crippen molar-refractivity contribution in [2.45, 2.75) is 65.3 Å². The van der Waals surface area contributed by atoms with Crippen LogP contribution in [0.5, 0.6) is 0 Å². The van der Waals surface area contributed by atoms with E-state index in [0.717, 1.165) is 12.8 Å². The summed E-state index contributed by atoms with van der Waals surface area (Å²) in [6.07, 6.45) is 13.9. The van der Waals surface area contributed by atoms with Crippen molar-refractivity contribution in [1.29, 1.82) is 0 Å². The Morgan fingerprint density at radius 2 is 2.12 bits per heavy atom. The summed E-state index contributed by atoms with van der Waals surface area (Å²) in [5.74, 6) is 0. The molecule has 0 aliphatic heterocycles. The van der Waals surface area contributed by atoms with Crippen LogP contribution in [-0.2, 0) is 6.42 Å². The minimum Gasteiger partial charge on any atom is -0.328 e. The average molecular weight is 369 g/mol. The number of unbranched alkanes of at least 4 members (excludes halogenated alkanes) is 2. The molecule has 1 heterocycles. The molecule has 0 saturated carbocycles. The highest BCUT2D eigenvalue weighted by Gasteiger charge is 2.11. The van der Waals surface area contributed by atoms with Crippen molar-refractivity contribution >= 4 is 26.2 Å². The highest BCUT2D eigenvalue weighted by atomic mass is 31.0. The number of benzene rings is 1. The fraction of sp³-hybridized carbons (Fsp3) is 0.435. The van der Waals surface area contributed by atoms with Gasteiger partial charge in [-0.1, -0.05) is 61.8 Å². The first-order valence-corrected chi connectivity index (χ1v) is 10.5. The van der Waals surface area contributed by atoms with E-state index in [1.165, 1.54) is 52.8 Å². The lowest BCUT2D eigenvalue weighted by Gasteiger charge is -2.07. The maximum atomic E-state index is 4.81. The SMILES string of the molecule is CCCCCC1=CC(Cc2cccc(P)c2)=c2ncn(C(C)C)c2=CC1.[HH]. The lowest BCUT2D eigenvalue weighted by Crippen LogP contribution is -2.32. The van der Waals surface area contributed by atoms with E-state index in [0.29, 0.717) is 6.04 Å². The number of hydrogen-bond donors (Lipinski definition) is 0. The molecule has 2 aromatic rings. The topological polar surface area (TPSA) is 17.8 Å². The predicted molar refractivity (Wildman–Crippen MR) is 118 cm³/mol. The third kappa shape index (κ3) is 4.54. The van der Waals surface area contributed by atoms with Crippen LogP contribution in [0.15, 0.2) is 42.2 Å². The third-order valence-corrected chi connectivity index (χ3v) is 5.43. The van der Waals surface area contributed by atoms with Gasteiger partial charge in [0.2, 0.25) is 0 Å². The van der Waals surface area contributed by atoms with Crippen LogP contribution in [-0.4, -0.2) is 9.55 Å². The molecule has 2 nitrogen and oxygen atoms in total. The van der Waals surface area contributed by atoms with Gasteiger partial charge in [0, 0.05) is 7.47 Å². The number of imidazole rings is 1. The van der Waals surface area contributed by atoms with Gasteiger partial charge in [0.05, 0.1) is 17.0 Å². The van der Waals surface area contributed by atoms with Gasteiger partial charge in [-0.05, 0) is 56.0 Å². The summed E-state index contributed by atoms with van der Waals surface area (Å²) in [6, 6.07) is 9.18. The minimum atomic E-state index is 0. The average Bonchev–Trinajstić information content (AvgIpc) is 2.96. The van der Waals surface area contributed by atoms with Gasteiger partial charge in [-0.25, -0.2) is 4.98 Å². The van der Waals surface area contributed by atoms with Gasteiger partial charge in [0.1, 0.15) is 0 Å². The van der Waals surface area contributed by atoms with Crippen LogP contribution in [0.3, 0.4) is 0 Å². The van der Waals surface area contributed by atoms with E-state index in [-0.39, 0.29) is 1.43 Å². The van der Waals surface area contributed by atoms with Gasteiger partial charge in [0.15, 0.2) is 0 Å². The van der Waals surface area contributed by atoms with Gasteiger partial charge in [-0.2, -0.15) is 0 Å². The zero-order chi connectivity index (χ0) is 18.5. The van der Waals surface area contributed by atoms with Crippen LogP contribution in [0.1, 0.15) is 65.9 Å². The molecular weight excluding hydrogens is 335 g/mol. The van der Waals surface area contributed by atoms with Crippen molar-refractivity contribution < 1.29 is 1.43 Å². The molecule has 1 unspecified atom stereocenters. The standard InChI is InChI=1S/C23H31N2P.H2/c1-4-5-6-8-18-11-12-22-23(24-16-25(22)17(2)3)20(13-18)14-19-9-7-10-21(26)15-19;/h7,9-10,12-13,15-17H,4-6,8,11,14,26H2,1-3H3;1H. The Hall–Kier alpha value is -1.66. The van der Waals surface area contributed by atoms with Crippen LogP contribution in [0, 0.1) is 0 Å². The summed E-state index contributed by atoms with van der Waals surface area (Å²) in [7, 11) is 2.80. The van der Waals surface area contributed by atoms with E-state index >= 15 is 0 Å². The maximum Gasteiger partial charge on any atom is 0.0960 e. The first-order chi connectivity index (χ1) is 12.6. The third-order valence-electron chi connectivity index (χ3n) is 5.08. The normalized spacial score (nSPS) is 14.0. The quantitative estimate of drug-likeness (QED) is 0.526. The number of nitrogens with zero attached hydrogens (tertiary/aromatic N) is 2. The number of rotatable bonds is 7. The molecule has 0 spiro atoms. The van der Waals surface area contributed by atoms with Crippen LogP contribution < -0.4 is 16.0 Å². The molecule has 0 saturated heterocycles. The Balaban J connectivity index is 0.00000261. The van der Waals surface area contributed by atoms with E-state index in [9.17, 15) is 0 Å². The molecule has 1 aromatic heterocycles. The summed E-state index contributed by atoms with van der Waals surface area (Å²) in [5.41, 5.74) is 4.25. The Morgan fingerprint density at radius 1 is 1.27 bits per heavy atom. The van der Waals surface area contributed by atoms with Gasteiger partial charge in [0.25, 0.3) is 0 Å². The summed E-state index contributed by atoms with van der Waals surface area (Å²) >= 11 is 0. The summed E-state index contributed by atoms with van der Waals surface area (Å²) in [5, 5.41) is 3.69. The Labute approximate surface area is 161 Å². The Morgan fingerprint density at radius 3 is 2.85 bits per heavy atom. The summed E-state index contributed by atoms with van der Waals surface area (Å²) in [4.78, 5) is 4.81. The highest BCUT2D eigenvalue weighted by molar-refractivity contribution is 7.27. The van der Waals surface area contributed by atoms with Crippen molar-refractivity contribution in [2.75, 3.05) is 0 Å². The second kappa shape index (κ2) is 8.82. The molecule has 140 valence electrons. The monoisotopic (exact) mass is 368 g/mol. The van der Waals surface area contributed by atoms with E-state index in [4.69, 9.17) is 4.98 Å². The molecule has 3 rings (SSSR count). The van der Waals surface area contributed by atoms with E-state index in [1.54, 1.807) is 5.57 Å². The van der Waals surface area contributed by atoms with Crippen LogP contribution >= 0.6 is 9.24 Å². The molecule has 0 bridgehead atoms. The van der Waals surface area contributed by atoms with Crippen molar-refractivity contribution in [2.24, 2.45) is 0 Å². The van der Waals surface area contributed by atoms with E-state index in [2.05, 4.69) is 71.0 Å². The molecule has 3 heteroatoms. The van der Waals surface area contributed by atoms with Crippen molar-refractivity contribution in [3.8, 4) is 0 Å². The number of fused-ring (bicyclic) bond motifs is 1. The van der Waals surface area contributed by atoms with Crippen LogP contribution in [0.2, 0.25) is 0 Å². The van der Waals surface area contributed by atoms with Gasteiger partial charge in [-0.3, -0.25) is 0 Å². The molecular formula is C23H33N2P. The fourth-order valence-electron chi connectivity index (χ4n) is 3.67. The van der Waals surface area contributed by atoms with Crippen molar-refractivity contribution in [1.82, 2.24) is 9.55 Å². The lowest BCUT2D eigenvalue weighted by molar-refractivity contribution is 0.584. The predicted octanol–water partition coefficient (Wildman–Crippen LogP) is 4.29. The molecule has 1 aliphatic rings. The van der Waals surface area contributed by atoms with Crippen LogP contribution in [0.25, 0.3) is 11.6 Å². The van der Waals surface area contributed by atoms with E-state index in [1.807, 2.05) is 6.33 Å². The summed E-state index contributed by atoms with van der Waals surface area (Å²) in [6.45, 7) is 6.73. The molecule has 0 radical (unpaired) electrons. The van der Waals surface area contributed by atoms with Crippen LogP contribution in [0.4, 0.5) is 0 Å². The Kier molecular flexibility index (Phi) is 6.48. The van der Waals surface area contributed by atoms with Gasteiger partial charge in [-0.15, -0.1) is 9.24 Å².